The van der Waals surface area contributed by atoms with Gasteiger partial charge in [-0.25, -0.2) is 0 Å². The van der Waals surface area contributed by atoms with Crippen LogP contribution in [0.3, 0.4) is 0 Å². The van der Waals surface area contributed by atoms with Crippen LogP contribution in [0.15, 0.2) is 0 Å². The first-order valence-corrected chi connectivity index (χ1v) is 6.24. The third-order valence-electron chi connectivity index (χ3n) is 4.17. The molecule has 0 aromatic heterocycles. The second kappa shape index (κ2) is 5.00. The summed E-state index contributed by atoms with van der Waals surface area (Å²) in [5.41, 5.74) is -0.477. The van der Waals surface area contributed by atoms with Gasteiger partial charge < -0.3 is 5.11 Å². The van der Waals surface area contributed by atoms with Gasteiger partial charge in [-0.3, -0.25) is 4.79 Å². The van der Waals surface area contributed by atoms with Crippen molar-refractivity contribution in [1.29, 1.82) is 0 Å². The predicted octanol–water partition coefficient (Wildman–Crippen LogP) is 3.70. The number of carboxylic acid groups (broad SMARTS) is 1. The maximum atomic E-state index is 11.4. The second-order valence-corrected chi connectivity index (χ2v) is 5.43. The maximum Gasteiger partial charge on any atom is 0.309 e. The monoisotopic (exact) mass is 212 g/mol. The molecule has 1 atom stereocenters. The van der Waals surface area contributed by atoms with E-state index in [4.69, 9.17) is 0 Å². The van der Waals surface area contributed by atoms with Crippen LogP contribution in [-0.2, 0) is 4.79 Å². The number of hydrogen-bond acceptors (Lipinski definition) is 1. The smallest absolute Gasteiger partial charge is 0.309 e. The molecule has 0 aromatic carbocycles. The molecule has 1 unspecified atom stereocenters. The minimum Gasteiger partial charge on any atom is -0.481 e. The van der Waals surface area contributed by atoms with Crippen LogP contribution < -0.4 is 0 Å². The highest BCUT2D eigenvalue weighted by Gasteiger charge is 2.41. The van der Waals surface area contributed by atoms with E-state index in [9.17, 15) is 9.90 Å². The molecule has 15 heavy (non-hydrogen) atoms. The number of carboxylic acids is 1. The Morgan fingerprint density at radius 3 is 2.27 bits per heavy atom. The van der Waals surface area contributed by atoms with Crippen LogP contribution in [0.5, 0.6) is 0 Å². The lowest BCUT2D eigenvalue weighted by Gasteiger charge is -2.38. The average molecular weight is 212 g/mol. The van der Waals surface area contributed by atoms with E-state index in [1.54, 1.807) is 0 Å². The van der Waals surface area contributed by atoms with E-state index in [1.165, 1.54) is 12.8 Å². The lowest BCUT2D eigenvalue weighted by Crippen LogP contribution is -2.37. The molecule has 0 aliphatic heterocycles. The number of aliphatic carboxylic acids is 1. The summed E-state index contributed by atoms with van der Waals surface area (Å²) >= 11 is 0. The molecular formula is C13H24O2. The summed E-state index contributed by atoms with van der Waals surface area (Å²) in [5, 5.41) is 9.38. The van der Waals surface area contributed by atoms with Gasteiger partial charge in [-0.15, -0.1) is 0 Å². The Morgan fingerprint density at radius 2 is 1.87 bits per heavy atom. The van der Waals surface area contributed by atoms with E-state index in [0.717, 1.165) is 31.6 Å². The van der Waals surface area contributed by atoms with E-state index >= 15 is 0 Å². The Hall–Kier alpha value is -0.530. The lowest BCUT2D eigenvalue weighted by molar-refractivity contribution is -0.153. The fourth-order valence-corrected chi connectivity index (χ4v) is 2.90. The van der Waals surface area contributed by atoms with Gasteiger partial charge in [0.05, 0.1) is 5.41 Å². The molecule has 0 saturated heterocycles. The molecule has 0 bridgehead atoms. The molecule has 1 fully saturated rings. The minimum atomic E-state index is -0.594. The van der Waals surface area contributed by atoms with Crippen molar-refractivity contribution in [3.63, 3.8) is 0 Å². The molecule has 1 rings (SSSR count). The van der Waals surface area contributed by atoms with E-state index in [-0.39, 0.29) is 0 Å². The van der Waals surface area contributed by atoms with Crippen LogP contribution in [-0.4, -0.2) is 11.1 Å². The standard InChI is InChI=1S/C13H24O2/c1-4-9-13(3,12(14)15)11-7-5-10(2)6-8-11/h10-11H,4-9H2,1-3H3,(H,14,15). The molecule has 88 valence electrons. The summed E-state index contributed by atoms with van der Waals surface area (Å²) < 4.78 is 0. The first-order valence-electron chi connectivity index (χ1n) is 6.24. The molecular weight excluding hydrogens is 188 g/mol. The Balaban J connectivity index is 2.68. The summed E-state index contributed by atoms with van der Waals surface area (Å²) in [6, 6.07) is 0. The summed E-state index contributed by atoms with van der Waals surface area (Å²) in [6.07, 6.45) is 6.40. The molecule has 0 radical (unpaired) electrons. The normalized spacial score (nSPS) is 30.9. The highest BCUT2D eigenvalue weighted by atomic mass is 16.4. The van der Waals surface area contributed by atoms with Crippen LogP contribution in [0.1, 0.15) is 59.3 Å². The SMILES string of the molecule is CCCC(C)(C(=O)O)C1CCC(C)CC1. The van der Waals surface area contributed by atoms with E-state index in [2.05, 4.69) is 13.8 Å². The number of hydrogen-bond donors (Lipinski definition) is 1. The third kappa shape index (κ3) is 2.73. The Morgan fingerprint density at radius 1 is 1.33 bits per heavy atom. The van der Waals surface area contributed by atoms with Crippen molar-refractivity contribution in [3.05, 3.63) is 0 Å². The predicted molar refractivity (Wildman–Crippen MR) is 61.8 cm³/mol. The van der Waals surface area contributed by atoms with Crippen LogP contribution in [0.25, 0.3) is 0 Å². The summed E-state index contributed by atoms with van der Waals surface area (Å²) in [6.45, 7) is 6.29. The number of rotatable bonds is 4. The molecule has 1 N–H and O–H groups in total. The van der Waals surface area contributed by atoms with Gasteiger partial charge in [-0.05, 0) is 38.0 Å². The van der Waals surface area contributed by atoms with Gasteiger partial charge in [0.1, 0.15) is 0 Å². The quantitative estimate of drug-likeness (QED) is 0.771. The molecule has 0 aromatic rings. The van der Waals surface area contributed by atoms with E-state index in [1.807, 2.05) is 6.92 Å². The topological polar surface area (TPSA) is 37.3 Å². The number of carbonyl (C=O) groups is 1. The molecule has 0 amide bonds. The molecule has 1 aliphatic carbocycles. The molecule has 2 nitrogen and oxygen atoms in total. The fourth-order valence-electron chi connectivity index (χ4n) is 2.90. The molecule has 1 saturated carbocycles. The summed E-state index contributed by atoms with van der Waals surface area (Å²) in [4.78, 5) is 11.4. The highest BCUT2D eigenvalue weighted by molar-refractivity contribution is 5.74. The van der Waals surface area contributed by atoms with Crippen LogP contribution in [0.2, 0.25) is 0 Å². The van der Waals surface area contributed by atoms with Crippen LogP contribution >= 0.6 is 0 Å². The van der Waals surface area contributed by atoms with Crippen molar-refractivity contribution in [2.75, 3.05) is 0 Å². The first kappa shape index (κ1) is 12.5. The average Bonchev–Trinajstić information content (AvgIpc) is 2.18. The second-order valence-electron chi connectivity index (χ2n) is 5.43. The zero-order chi connectivity index (χ0) is 11.5. The molecule has 2 heteroatoms. The largest absolute Gasteiger partial charge is 0.481 e. The van der Waals surface area contributed by atoms with E-state index < -0.39 is 11.4 Å². The van der Waals surface area contributed by atoms with Gasteiger partial charge >= 0.3 is 5.97 Å². The molecule has 0 heterocycles. The van der Waals surface area contributed by atoms with Gasteiger partial charge in [0.2, 0.25) is 0 Å². The van der Waals surface area contributed by atoms with E-state index in [0.29, 0.717) is 5.92 Å². The zero-order valence-corrected chi connectivity index (χ0v) is 10.3. The molecule has 0 spiro atoms. The van der Waals surface area contributed by atoms with Crippen molar-refractivity contribution < 1.29 is 9.90 Å². The van der Waals surface area contributed by atoms with Crippen LogP contribution in [0.4, 0.5) is 0 Å². The Bertz CT molecular complexity index is 217. The van der Waals surface area contributed by atoms with Crippen LogP contribution in [0, 0.1) is 17.3 Å². The zero-order valence-electron chi connectivity index (χ0n) is 10.3. The van der Waals surface area contributed by atoms with Gasteiger partial charge in [0.25, 0.3) is 0 Å². The van der Waals surface area contributed by atoms with Gasteiger partial charge in [0.15, 0.2) is 0 Å². The minimum absolute atomic E-state index is 0.395. The lowest BCUT2D eigenvalue weighted by atomic mass is 9.66. The van der Waals surface area contributed by atoms with Gasteiger partial charge in [-0.1, -0.05) is 33.1 Å². The summed E-state index contributed by atoms with van der Waals surface area (Å²) in [7, 11) is 0. The first-order chi connectivity index (χ1) is 7.00. The summed E-state index contributed by atoms with van der Waals surface area (Å²) in [5.74, 6) is 0.593. The maximum absolute atomic E-state index is 11.4. The third-order valence-corrected chi connectivity index (χ3v) is 4.17. The Labute approximate surface area is 93.1 Å². The van der Waals surface area contributed by atoms with Crippen molar-refractivity contribution >= 4 is 5.97 Å². The van der Waals surface area contributed by atoms with Gasteiger partial charge in [0, 0.05) is 0 Å². The van der Waals surface area contributed by atoms with Gasteiger partial charge in [-0.2, -0.15) is 0 Å². The highest BCUT2D eigenvalue weighted by Crippen LogP contribution is 2.43. The van der Waals surface area contributed by atoms with Crippen molar-refractivity contribution in [2.24, 2.45) is 17.3 Å². The fraction of sp³-hybridized carbons (Fsp3) is 0.923. The van der Waals surface area contributed by atoms with Crippen molar-refractivity contribution in [2.45, 2.75) is 59.3 Å². The molecule has 1 aliphatic rings. The Kier molecular flexibility index (Phi) is 4.18. The van der Waals surface area contributed by atoms with Crippen molar-refractivity contribution in [3.8, 4) is 0 Å². The van der Waals surface area contributed by atoms with Crippen molar-refractivity contribution in [1.82, 2.24) is 0 Å².